The van der Waals surface area contributed by atoms with Gasteiger partial charge in [-0.2, -0.15) is 0 Å². The predicted octanol–water partition coefficient (Wildman–Crippen LogP) is 2.99. The van der Waals surface area contributed by atoms with E-state index >= 15 is 0 Å². The SMILES string of the molecule is Clc1cccc(-n2cncc2C2CCNCC2)c1. The van der Waals surface area contributed by atoms with Crippen LogP contribution in [0.5, 0.6) is 0 Å². The lowest BCUT2D eigenvalue weighted by molar-refractivity contribution is 0.449. The molecular weight excluding hydrogens is 246 g/mol. The molecule has 1 aliphatic heterocycles. The number of halogens is 1. The molecule has 1 aromatic carbocycles. The fourth-order valence-corrected chi connectivity index (χ4v) is 2.75. The molecule has 4 heteroatoms. The summed E-state index contributed by atoms with van der Waals surface area (Å²) in [6.07, 6.45) is 6.21. The Balaban J connectivity index is 1.95. The zero-order valence-corrected chi connectivity index (χ0v) is 10.9. The molecule has 1 fully saturated rings. The maximum atomic E-state index is 6.06. The van der Waals surface area contributed by atoms with Crippen molar-refractivity contribution in [2.45, 2.75) is 18.8 Å². The van der Waals surface area contributed by atoms with E-state index in [4.69, 9.17) is 11.6 Å². The molecule has 0 aliphatic carbocycles. The summed E-state index contributed by atoms with van der Waals surface area (Å²) in [4.78, 5) is 4.30. The number of nitrogens with zero attached hydrogens (tertiary/aromatic N) is 2. The standard InChI is InChI=1S/C14H16ClN3/c15-12-2-1-3-13(8-12)18-10-17-9-14(18)11-4-6-16-7-5-11/h1-3,8-11,16H,4-7H2. The van der Waals surface area contributed by atoms with E-state index in [1.165, 1.54) is 18.5 Å². The first kappa shape index (κ1) is 11.8. The van der Waals surface area contributed by atoms with Gasteiger partial charge in [-0.3, -0.25) is 0 Å². The molecule has 18 heavy (non-hydrogen) atoms. The van der Waals surface area contributed by atoms with Gasteiger partial charge in [-0.05, 0) is 44.1 Å². The third-order valence-corrected chi connectivity index (χ3v) is 3.75. The normalized spacial score (nSPS) is 16.9. The van der Waals surface area contributed by atoms with Crippen LogP contribution < -0.4 is 5.32 Å². The third-order valence-electron chi connectivity index (χ3n) is 3.51. The van der Waals surface area contributed by atoms with E-state index < -0.39 is 0 Å². The second-order valence-electron chi connectivity index (χ2n) is 4.69. The van der Waals surface area contributed by atoms with Crippen LogP contribution in [0.4, 0.5) is 0 Å². The first-order valence-corrected chi connectivity index (χ1v) is 6.71. The number of piperidine rings is 1. The van der Waals surface area contributed by atoms with Crippen molar-refractivity contribution >= 4 is 11.6 Å². The molecule has 3 rings (SSSR count). The lowest BCUT2D eigenvalue weighted by atomic mass is 9.95. The van der Waals surface area contributed by atoms with Gasteiger partial charge in [0.05, 0.1) is 6.33 Å². The lowest BCUT2D eigenvalue weighted by Crippen LogP contribution is -2.27. The van der Waals surface area contributed by atoms with Gasteiger partial charge < -0.3 is 9.88 Å². The van der Waals surface area contributed by atoms with Gasteiger partial charge in [0, 0.05) is 28.5 Å². The number of benzene rings is 1. The van der Waals surface area contributed by atoms with E-state index in [2.05, 4.69) is 20.9 Å². The summed E-state index contributed by atoms with van der Waals surface area (Å²) in [7, 11) is 0. The van der Waals surface area contributed by atoms with E-state index in [0.717, 1.165) is 23.8 Å². The maximum absolute atomic E-state index is 6.06. The van der Waals surface area contributed by atoms with Crippen LogP contribution in [0.25, 0.3) is 5.69 Å². The fraction of sp³-hybridized carbons (Fsp3) is 0.357. The Morgan fingerprint density at radius 1 is 1.28 bits per heavy atom. The predicted molar refractivity (Wildman–Crippen MR) is 73.4 cm³/mol. The van der Waals surface area contributed by atoms with Crippen molar-refractivity contribution in [1.29, 1.82) is 0 Å². The first-order valence-electron chi connectivity index (χ1n) is 6.33. The van der Waals surface area contributed by atoms with Crippen LogP contribution in [0.3, 0.4) is 0 Å². The molecule has 0 saturated carbocycles. The van der Waals surface area contributed by atoms with Gasteiger partial charge in [0.1, 0.15) is 0 Å². The molecule has 2 heterocycles. The molecule has 0 spiro atoms. The molecule has 94 valence electrons. The molecule has 0 unspecified atom stereocenters. The monoisotopic (exact) mass is 261 g/mol. The molecule has 0 radical (unpaired) electrons. The largest absolute Gasteiger partial charge is 0.317 e. The third kappa shape index (κ3) is 2.28. The van der Waals surface area contributed by atoms with E-state index in [-0.39, 0.29) is 0 Å². The Bertz CT molecular complexity index is 529. The molecule has 3 nitrogen and oxygen atoms in total. The van der Waals surface area contributed by atoms with Crippen molar-refractivity contribution < 1.29 is 0 Å². The van der Waals surface area contributed by atoms with Crippen LogP contribution in [0.15, 0.2) is 36.8 Å². The van der Waals surface area contributed by atoms with Gasteiger partial charge in [0.15, 0.2) is 0 Å². The van der Waals surface area contributed by atoms with Crippen LogP contribution in [0, 0.1) is 0 Å². The lowest BCUT2D eigenvalue weighted by Gasteiger charge is -2.23. The van der Waals surface area contributed by atoms with E-state index in [0.29, 0.717) is 5.92 Å². The zero-order chi connectivity index (χ0) is 12.4. The summed E-state index contributed by atoms with van der Waals surface area (Å²) < 4.78 is 2.15. The van der Waals surface area contributed by atoms with Crippen molar-refractivity contribution in [3.05, 3.63) is 47.5 Å². The Morgan fingerprint density at radius 2 is 2.11 bits per heavy atom. The van der Waals surface area contributed by atoms with Crippen LogP contribution in [0.2, 0.25) is 5.02 Å². The molecule has 0 atom stereocenters. The van der Waals surface area contributed by atoms with Gasteiger partial charge in [-0.1, -0.05) is 17.7 Å². The van der Waals surface area contributed by atoms with E-state index in [9.17, 15) is 0 Å². The quantitative estimate of drug-likeness (QED) is 0.901. The van der Waals surface area contributed by atoms with Gasteiger partial charge in [-0.15, -0.1) is 0 Å². The number of aromatic nitrogens is 2. The Kier molecular flexibility index (Phi) is 3.35. The van der Waals surface area contributed by atoms with Crippen molar-refractivity contribution in [3.8, 4) is 5.69 Å². The highest BCUT2D eigenvalue weighted by atomic mass is 35.5. The molecule has 0 bridgehead atoms. The van der Waals surface area contributed by atoms with Gasteiger partial charge >= 0.3 is 0 Å². The molecule has 2 aromatic rings. The number of imidazole rings is 1. The highest BCUT2D eigenvalue weighted by Crippen LogP contribution is 2.27. The summed E-state index contributed by atoms with van der Waals surface area (Å²) in [5.41, 5.74) is 2.38. The smallest absolute Gasteiger partial charge is 0.0994 e. The second kappa shape index (κ2) is 5.12. The summed E-state index contributed by atoms with van der Waals surface area (Å²) in [5.74, 6) is 0.590. The van der Waals surface area contributed by atoms with Gasteiger partial charge in [0.2, 0.25) is 0 Å². The van der Waals surface area contributed by atoms with Crippen molar-refractivity contribution in [1.82, 2.24) is 14.9 Å². The average Bonchev–Trinajstić information content (AvgIpc) is 2.89. The number of hydrogen-bond acceptors (Lipinski definition) is 2. The molecule has 0 amide bonds. The number of hydrogen-bond donors (Lipinski definition) is 1. The number of nitrogens with one attached hydrogen (secondary N) is 1. The van der Waals surface area contributed by atoms with Crippen molar-refractivity contribution in [3.63, 3.8) is 0 Å². The highest BCUT2D eigenvalue weighted by molar-refractivity contribution is 6.30. The van der Waals surface area contributed by atoms with Crippen molar-refractivity contribution in [2.75, 3.05) is 13.1 Å². The topological polar surface area (TPSA) is 29.9 Å². The summed E-state index contributed by atoms with van der Waals surface area (Å²) in [6.45, 7) is 2.18. The first-order chi connectivity index (χ1) is 8.84. The van der Waals surface area contributed by atoms with Crippen LogP contribution in [-0.4, -0.2) is 22.6 Å². The highest BCUT2D eigenvalue weighted by Gasteiger charge is 2.19. The van der Waals surface area contributed by atoms with Crippen molar-refractivity contribution in [2.24, 2.45) is 0 Å². The minimum Gasteiger partial charge on any atom is -0.317 e. The van der Waals surface area contributed by atoms with Gasteiger partial charge in [-0.25, -0.2) is 4.98 Å². The minimum atomic E-state index is 0.590. The summed E-state index contributed by atoms with van der Waals surface area (Å²) in [5, 5.41) is 4.16. The second-order valence-corrected chi connectivity index (χ2v) is 5.13. The average molecular weight is 262 g/mol. The number of rotatable bonds is 2. The fourth-order valence-electron chi connectivity index (χ4n) is 2.57. The summed E-state index contributed by atoms with van der Waals surface area (Å²) >= 11 is 6.06. The van der Waals surface area contributed by atoms with E-state index in [1.807, 2.05) is 30.7 Å². The Hall–Kier alpha value is -1.32. The zero-order valence-electron chi connectivity index (χ0n) is 10.1. The van der Waals surface area contributed by atoms with Gasteiger partial charge in [0.25, 0.3) is 0 Å². The summed E-state index contributed by atoms with van der Waals surface area (Å²) in [6, 6.07) is 7.92. The van der Waals surface area contributed by atoms with Crippen LogP contribution >= 0.6 is 11.6 Å². The minimum absolute atomic E-state index is 0.590. The molecular formula is C14H16ClN3. The molecule has 1 saturated heterocycles. The Morgan fingerprint density at radius 3 is 2.89 bits per heavy atom. The molecule has 1 aromatic heterocycles. The maximum Gasteiger partial charge on any atom is 0.0994 e. The molecule has 1 N–H and O–H groups in total. The Labute approximate surface area is 112 Å². The van der Waals surface area contributed by atoms with Crippen LogP contribution in [-0.2, 0) is 0 Å². The molecule has 1 aliphatic rings. The van der Waals surface area contributed by atoms with E-state index in [1.54, 1.807) is 0 Å². The van der Waals surface area contributed by atoms with Crippen LogP contribution in [0.1, 0.15) is 24.5 Å².